The average molecular weight is 312 g/mol. The summed E-state index contributed by atoms with van der Waals surface area (Å²) in [7, 11) is 3.90. The molecule has 0 saturated carbocycles. The third kappa shape index (κ3) is 3.54. The van der Waals surface area contributed by atoms with Gasteiger partial charge in [-0.1, -0.05) is 35.3 Å². The molecular formula is C15H19Cl2N3. The topological polar surface area (TPSA) is 29.9 Å². The first-order chi connectivity index (χ1) is 9.51. The van der Waals surface area contributed by atoms with Crippen LogP contribution >= 0.6 is 23.2 Å². The minimum absolute atomic E-state index is 0.309. The van der Waals surface area contributed by atoms with E-state index in [2.05, 4.69) is 22.5 Å². The second kappa shape index (κ2) is 6.61. The summed E-state index contributed by atoms with van der Waals surface area (Å²) < 4.78 is 1.86. The van der Waals surface area contributed by atoms with Crippen molar-refractivity contribution in [2.75, 3.05) is 7.05 Å². The zero-order valence-electron chi connectivity index (χ0n) is 12.0. The highest BCUT2D eigenvalue weighted by molar-refractivity contribution is 6.31. The van der Waals surface area contributed by atoms with Crippen molar-refractivity contribution in [2.24, 2.45) is 7.05 Å². The number of nitrogens with zero attached hydrogens (tertiary/aromatic N) is 2. The number of halogens is 2. The maximum absolute atomic E-state index is 6.31. The monoisotopic (exact) mass is 311 g/mol. The highest BCUT2D eigenvalue weighted by Crippen LogP contribution is 2.21. The Balaban J connectivity index is 2.11. The lowest BCUT2D eigenvalue weighted by atomic mass is 10.0. The van der Waals surface area contributed by atoms with E-state index in [9.17, 15) is 0 Å². The molecule has 1 N–H and O–H groups in total. The van der Waals surface area contributed by atoms with Gasteiger partial charge < -0.3 is 5.32 Å². The summed E-state index contributed by atoms with van der Waals surface area (Å²) in [4.78, 5) is 0. The summed E-state index contributed by atoms with van der Waals surface area (Å²) in [5.74, 6) is 0. The number of aromatic nitrogens is 2. The van der Waals surface area contributed by atoms with E-state index >= 15 is 0 Å². The predicted molar refractivity (Wildman–Crippen MR) is 84.7 cm³/mol. The molecular weight excluding hydrogens is 293 g/mol. The molecule has 0 saturated heterocycles. The van der Waals surface area contributed by atoms with Crippen LogP contribution in [0.15, 0.2) is 24.3 Å². The van der Waals surface area contributed by atoms with E-state index in [-0.39, 0.29) is 0 Å². The number of nitrogens with one attached hydrogen (secondary N) is 1. The summed E-state index contributed by atoms with van der Waals surface area (Å²) in [6, 6.07) is 8.27. The van der Waals surface area contributed by atoms with E-state index in [0.717, 1.165) is 34.3 Å². The second-order valence-electron chi connectivity index (χ2n) is 4.99. The first-order valence-electron chi connectivity index (χ1n) is 6.61. The van der Waals surface area contributed by atoms with Crippen LogP contribution in [-0.2, 0) is 19.9 Å². The van der Waals surface area contributed by atoms with Crippen LogP contribution in [0.3, 0.4) is 0 Å². The molecule has 1 unspecified atom stereocenters. The third-order valence-electron chi connectivity index (χ3n) is 3.50. The molecule has 0 spiro atoms. The fraction of sp³-hybridized carbons (Fsp3) is 0.400. The van der Waals surface area contributed by atoms with E-state index < -0.39 is 0 Å². The first kappa shape index (κ1) is 15.4. The number of hydrogen-bond acceptors (Lipinski definition) is 2. The molecule has 20 heavy (non-hydrogen) atoms. The smallest absolute Gasteiger partial charge is 0.0847 e. The van der Waals surface area contributed by atoms with Crippen molar-refractivity contribution in [1.82, 2.24) is 15.1 Å². The molecule has 1 atom stereocenters. The van der Waals surface area contributed by atoms with Gasteiger partial charge in [0.1, 0.15) is 0 Å². The molecule has 2 rings (SSSR count). The number of likely N-dealkylation sites (N-methyl/N-ethyl adjacent to an activating group) is 1. The second-order valence-corrected chi connectivity index (χ2v) is 5.80. The zero-order chi connectivity index (χ0) is 14.7. The standard InChI is InChI=1S/C15H19Cl2N3/c1-10-15(17)14(20(3)19-10)9-13(18-2)8-11-4-6-12(16)7-5-11/h4-7,13,18H,8-9H2,1-3H3. The predicted octanol–water partition coefficient (Wildman–Crippen LogP) is 3.41. The van der Waals surface area contributed by atoms with Crippen LogP contribution in [0.1, 0.15) is 17.0 Å². The summed E-state index contributed by atoms with van der Waals surface area (Å²) in [5, 5.41) is 9.23. The Morgan fingerprint density at radius 3 is 2.35 bits per heavy atom. The van der Waals surface area contributed by atoms with Crippen molar-refractivity contribution < 1.29 is 0 Å². The molecule has 0 aliphatic rings. The van der Waals surface area contributed by atoms with Crippen LogP contribution in [0.2, 0.25) is 10.0 Å². The normalized spacial score (nSPS) is 12.7. The number of hydrogen-bond donors (Lipinski definition) is 1. The molecule has 1 aromatic carbocycles. The van der Waals surface area contributed by atoms with Gasteiger partial charge in [0.2, 0.25) is 0 Å². The number of benzene rings is 1. The quantitative estimate of drug-likeness (QED) is 0.917. The van der Waals surface area contributed by atoms with Crippen molar-refractivity contribution >= 4 is 23.2 Å². The molecule has 0 radical (unpaired) electrons. The molecule has 5 heteroatoms. The molecule has 0 fully saturated rings. The van der Waals surface area contributed by atoms with Crippen LogP contribution in [-0.4, -0.2) is 22.9 Å². The third-order valence-corrected chi connectivity index (χ3v) is 4.25. The first-order valence-corrected chi connectivity index (χ1v) is 7.36. The van der Waals surface area contributed by atoms with Crippen LogP contribution in [0.4, 0.5) is 0 Å². The Morgan fingerprint density at radius 1 is 1.20 bits per heavy atom. The van der Waals surface area contributed by atoms with Crippen molar-refractivity contribution in [3.8, 4) is 0 Å². The van der Waals surface area contributed by atoms with E-state index in [4.69, 9.17) is 23.2 Å². The Labute approximate surface area is 129 Å². The minimum Gasteiger partial charge on any atom is -0.316 e. The molecule has 0 amide bonds. The van der Waals surface area contributed by atoms with Gasteiger partial charge in [-0.2, -0.15) is 5.10 Å². The van der Waals surface area contributed by atoms with Crippen LogP contribution in [0.25, 0.3) is 0 Å². The van der Waals surface area contributed by atoms with Gasteiger partial charge in [0.15, 0.2) is 0 Å². The van der Waals surface area contributed by atoms with Crippen molar-refractivity contribution in [2.45, 2.75) is 25.8 Å². The zero-order valence-corrected chi connectivity index (χ0v) is 13.5. The average Bonchev–Trinajstić information content (AvgIpc) is 2.66. The van der Waals surface area contributed by atoms with E-state index in [1.165, 1.54) is 5.56 Å². The highest BCUT2D eigenvalue weighted by atomic mass is 35.5. The molecule has 0 bridgehead atoms. The molecule has 1 heterocycles. The summed E-state index contributed by atoms with van der Waals surface area (Å²) in [6.07, 6.45) is 1.77. The van der Waals surface area contributed by atoms with Crippen LogP contribution in [0, 0.1) is 6.92 Å². The summed E-state index contributed by atoms with van der Waals surface area (Å²) in [6.45, 7) is 1.93. The van der Waals surface area contributed by atoms with Crippen LogP contribution in [0.5, 0.6) is 0 Å². The maximum atomic E-state index is 6.31. The minimum atomic E-state index is 0.309. The van der Waals surface area contributed by atoms with E-state index in [1.54, 1.807) is 0 Å². The lowest BCUT2D eigenvalue weighted by molar-refractivity contribution is 0.533. The molecule has 1 aromatic heterocycles. The van der Waals surface area contributed by atoms with Gasteiger partial charge in [0.25, 0.3) is 0 Å². The lowest BCUT2D eigenvalue weighted by Crippen LogP contribution is -2.30. The van der Waals surface area contributed by atoms with Crippen molar-refractivity contribution in [3.63, 3.8) is 0 Å². The van der Waals surface area contributed by atoms with Gasteiger partial charge in [-0.15, -0.1) is 0 Å². The van der Waals surface area contributed by atoms with Crippen LogP contribution < -0.4 is 5.32 Å². The summed E-state index contributed by atoms with van der Waals surface area (Å²) >= 11 is 12.2. The lowest BCUT2D eigenvalue weighted by Gasteiger charge is -2.16. The van der Waals surface area contributed by atoms with Crippen molar-refractivity contribution in [1.29, 1.82) is 0 Å². The molecule has 3 nitrogen and oxygen atoms in total. The summed E-state index contributed by atoms with van der Waals surface area (Å²) in [5.41, 5.74) is 3.20. The van der Waals surface area contributed by atoms with Gasteiger partial charge in [-0.3, -0.25) is 4.68 Å². The van der Waals surface area contributed by atoms with Gasteiger partial charge in [-0.25, -0.2) is 0 Å². The fourth-order valence-corrected chi connectivity index (χ4v) is 2.68. The van der Waals surface area contributed by atoms with E-state index in [1.807, 2.05) is 37.8 Å². The molecule has 0 aliphatic carbocycles. The van der Waals surface area contributed by atoms with Gasteiger partial charge in [-0.05, 0) is 38.1 Å². The fourth-order valence-electron chi connectivity index (χ4n) is 2.32. The Bertz CT molecular complexity index is 576. The van der Waals surface area contributed by atoms with Crippen molar-refractivity contribution in [3.05, 3.63) is 51.3 Å². The SMILES string of the molecule is CNC(Cc1ccc(Cl)cc1)Cc1c(Cl)c(C)nn1C. The highest BCUT2D eigenvalue weighted by Gasteiger charge is 2.16. The van der Waals surface area contributed by atoms with Gasteiger partial charge >= 0.3 is 0 Å². The maximum Gasteiger partial charge on any atom is 0.0847 e. The largest absolute Gasteiger partial charge is 0.316 e. The van der Waals surface area contributed by atoms with Gasteiger partial charge in [0, 0.05) is 24.5 Å². The molecule has 2 aromatic rings. The molecule has 108 valence electrons. The number of aryl methyl sites for hydroxylation is 2. The Hall–Kier alpha value is -1.03. The molecule has 0 aliphatic heterocycles. The van der Waals surface area contributed by atoms with Gasteiger partial charge in [0.05, 0.1) is 16.4 Å². The Morgan fingerprint density at radius 2 is 1.85 bits per heavy atom. The van der Waals surface area contributed by atoms with E-state index in [0.29, 0.717) is 6.04 Å². The number of rotatable bonds is 5. The Kier molecular flexibility index (Phi) is 5.08.